The van der Waals surface area contributed by atoms with Crippen molar-refractivity contribution in [2.75, 3.05) is 19.8 Å². The summed E-state index contributed by atoms with van der Waals surface area (Å²) in [6.45, 7) is 11.3. The Morgan fingerprint density at radius 3 is 1.95 bits per heavy atom. The smallest absolute Gasteiger partial charge is 0.461 e. The molecule has 0 saturated heterocycles. The van der Waals surface area contributed by atoms with Crippen LogP contribution >= 0.6 is 0 Å². The fourth-order valence-electron chi connectivity index (χ4n) is 3.03. The van der Waals surface area contributed by atoms with Crippen LogP contribution in [0.15, 0.2) is 18.2 Å². The van der Waals surface area contributed by atoms with E-state index in [2.05, 4.69) is 0 Å². The average molecular weight is 554 g/mol. The van der Waals surface area contributed by atoms with E-state index in [0.29, 0.717) is 12.0 Å². The van der Waals surface area contributed by atoms with Crippen molar-refractivity contribution in [1.82, 2.24) is 0 Å². The van der Waals surface area contributed by atoms with Crippen molar-refractivity contribution in [3.63, 3.8) is 0 Å². The molecule has 0 saturated carbocycles. The lowest BCUT2D eigenvalue weighted by atomic mass is 10.1. The molecule has 39 heavy (non-hydrogen) atoms. The third-order valence-corrected chi connectivity index (χ3v) is 5.00. The quantitative estimate of drug-likeness (QED) is 0.128. The zero-order valence-corrected chi connectivity index (χ0v) is 23.9. The third-order valence-electron chi connectivity index (χ3n) is 5.00. The first-order valence-electron chi connectivity index (χ1n) is 13.3. The van der Waals surface area contributed by atoms with E-state index in [1.54, 1.807) is 13.0 Å². The van der Waals surface area contributed by atoms with Crippen LogP contribution in [0.1, 0.15) is 72.8 Å². The van der Waals surface area contributed by atoms with Crippen LogP contribution in [0.25, 0.3) is 0 Å². The highest BCUT2D eigenvalue weighted by Gasteiger charge is 2.21. The zero-order valence-electron chi connectivity index (χ0n) is 23.9. The minimum Gasteiger partial charge on any atom is -0.461 e. The number of unbranched alkanes of at least 4 members (excludes halogenated alkanes) is 2. The summed E-state index contributed by atoms with van der Waals surface area (Å²) in [6.07, 6.45) is 0.468. The topological polar surface area (TPSA) is 150 Å². The molecular formula is C28H43NO10. The second kappa shape index (κ2) is 18.0. The number of ether oxygens (including phenoxy) is 6. The van der Waals surface area contributed by atoms with Gasteiger partial charge in [-0.05, 0) is 49.3 Å². The Morgan fingerprint density at radius 1 is 0.795 bits per heavy atom. The molecule has 0 aliphatic heterocycles. The van der Waals surface area contributed by atoms with E-state index in [-0.39, 0.29) is 55.5 Å². The van der Waals surface area contributed by atoms with E-state index in [4.69, 9.17) is 34.2 Å². The summed E-state index contributed by atoms with van der Waals surface area (Å²) < 4.78 is 31.0. The number of hydrogen-bond donors (Lipinski definition) is 1. The van der Waals surface area contributed by atoms with Gasteiger partial charge in [0, 0.05) is 6.42 Å². The van der Waals surface area contributed by atoms with Gasteiger partial charge in [0.1, 0.15) is 18.8 Å². The fourth-order valence-corrected chi connectivity index (χ4v) is 3.03. The first-order chi connectivity index (χ1) is 18.4. The standard InChI is InChI=1S/C28H43NO10/c1-7-8-9-10-25(30)37-20(6)17-34-26(31)22(29)13-21-11-12-23(38-27(32)35-15-18(2)3)24(14-21)39-28(33)36-16-19(4)5/h11-12,14,18-20,22H,7-10,13,15-17,29H2,1-6H3/t20-,22-/m0/s1. The monoisotopic (exact) mass is 553 g/mol. The molecule has 0 amide bonds. The Labute approximate surface area is 230 Å². The predicted molar refractivity (Wildman–Crippen MR) is 142 cm³/mol. The lowest BCUT2D eigenvalue weighted by molar-refractivity contribution is -0.158. The molecule has 0 fully saturated rings. The highest BCUT2D eigenvalue weighted by molar-refractivity contribution is 5.76. The summed E-state index contributed by atoms with van der Waals surface area (Å²) in [6, 6.07) is 3.32. The largest absolute Gasteiger partial charge is 0.513 e. The maximum absolute atomic E-state index is 12.4. The van der Waals surface area contributed by atoms with Crippen LogP contribution in [0.4, 0.5) is 9.59 Å². The molecule has 0 aliphatic carbocycles. The highest BCUT2D eigenvalue weighted by atomic mass is 16.7. The lowest BCUT2D eigenvalue weighted by Gasteiger charge is -2.17. The van der Waals surface area contributed by atoms with Crippen molar-refractivity contribution >= 4 is 24.2 Å². The van der Waals surface area contributed by atoms with Crippen LogP contribution in [0.5, 0.6) is 11.5 Å². The molecule has 0 bridgehead atoms. The Morgan fingerprint density at radius 2 is 1.38 bits per heavy atom. The van der Waals surface area contributed by atoms with E-state index in [9.17, 15) is 19.2 Å². The second-order valence-electron chi connectivity index (χ2n) is 10.1. The maximum Gasteiger partial charge on any atom is 0.513 e. The molecular weight excluding hydrogens is 510 g/mol. The molecule has 0 spiro atoms. The molecule has 0 heterocycles. The molecule has 1 aromatic rings. The number of carbonyl (C=O) groups excluding carboxylic acids is 4. The van der Waals surface area contributed by atoms with Gasteiger partial charge >= 0.3 is 24.2 Å². The van der Waals surface area contributed by atoms with Gasteiger partial charge in [0.25, 0.3) is 0 Å². The van der Waals surface area contributed by atoms with Crippen LogP contribution in [-0.2, 0) is 35.0 Å². The van der Waals surface area contributed by atoms with Gasteiger partial charge in [0.2, 0.25) is 0 Å². The number of hydrogen-bond acceptors (Lipinski definition) is 11. The van der Waals surface area contributed by atoms with Crippen LogP contribution in [0, 0.1) is 11.8 Å². The summed E-state index contributed by atoms with van der Waals surface area (Å²) in [5.41, 5.74) is 6.52. The van der Waals surface area contributed by atoms with Gasteiger partial charge in [0.15, 0.2) is 11.5 Å². The van der Waals surface area contributed by atoms with Crippen molar-refractivity contribution in [3.8, 4) is 11.5 Å². The van der Waals surface area contributed by atoms with Crippen molar-refractivity contribution in [2.45, 2.75) is 85.8 Å². The fraction of sp³-hybridized carbons (Fsp3) is 0.643. The molecule has 2 N–H and O–H groups in total. The molecule has 11 nitrogen and oxygen atoms in total. The van der Waals surface area contributed by atoms with Crippen LogP contribution < -0.4 is 15.2 Å². The van der Waals surface area contributed by atoms with Crippen LogP contribution in [0.3, 0.4) is 0 Å². The summed E-state index contributed by atoms with van der Waals surface area (Å²) in [7, 11) is 0. The van der Waals surface area contributed by atoms with E-state index < -0.39 is 30.4 Å². The molecule has 0 aromatic heterocycles. The maximum atomic E-state index is 12.4. The Hall–Kier alpha value is -3.34. The van der Waals surface area contributed by atoms with E-state index in [0.717, 1.165) is 19.3 Å². The SMILES string of the molecule is CCCCCC(=O)O[C@@H](C)COC(=O)[C@@H](N)Cc1ccc(OC(=O)OCC(C)C)c(OC(=O)OCC(C)C)c1. The molecule has 0 radical (unpaired) electrons. The Bertz CT molecular complexity index is 931. The minimum absolute atomic E-state index is 0.0273. The van der Waals surface area contributed by atoms with E-state index >= 15 is 0 Å². The van der Waals surface area contributed by atoms with E-state index in [1.807, 2.05) is 34.6 Å². The first-order valence-corrected chi connectivity index (χ1v) is 13.3. The van der Waals surface area contributed by atoms with Crippen molar-refractivity contribution in [2.24, 2.45) is 17.6 Å². The van der Waals surface area contributed by atoms with Gasteiger partial charge in [-0.3, -0.25) is 9.59 Å². The number of rotatable bonds is 16. The first kappa shape index (κ1) is 33.7. The molecule has 1 rings (SSSR count). The summed E-state index contributed by atoms with van der Waals surface area (Å²) in [5, 5.41) is 0. The normalized spacial score (nSPS) is 12.4. The molecule has 1 aromatic carbocycles. The number of nitrogens with two attached hydrogens (primary N) is 1. The third kappa shape index (κ3) is 15.0. The van der Waals surface area contributed by atoms with Gasteiger partial charge < -0.3 is 34.2 Å². The molecule has 0 aliphatic rings. The summed E-state index contributed by atoms with van der Waals surface area (Å²) >= 11 is 0. The summed E-state index contributed by atoms with van der Waals surface area (Å²) in [5.74, 6) is -1.02. The van der Waals surface area contributed by atoms with Gasteiger partial charge in [0.05, 0.1) is 13.2 Å². The predicted octanol–water partition coefficient (Wildman–Crippen LogP) is 4.95. The second-order valence-corrected chi connectivity index (χ2v) is 10.1. The van der Waals surface area contributed by atoms with Crippen molar-refractivity contribution in [3.05, 3.63) is 23.8 Å². The minimum atomic E-state index is -1.05. The van der Waals surface area contributed by atoms with Gasteiger partial charge in [-0.1, -0.05) is 53.5 Å². The number of esters is 2. The molecule has 11 heteroatoms. The van der Waals surface area contributed by atoms with Gasteiger partial charge in [-0.15, -0.1) is 0 Å². The average Bonchev–Trinajstić information content (AvgIpc) is 2.86. The van der Waals surface area contributed by atoms with Crippen molar-refractivity contribution in [1.29, 1.82) is 0 Å². The van der Waals surface area contributed by atoms with Gasteiger partial charge in [-0.25, -0.2) is 9.59 Å². The van der Waals surface area contributed by atoms with Crippen molar-refractivity contribution < 1.29 is 47.6 Å². The zero-order chi connectivity index (χ0) is 29.4. The van der Waals surface area contributed by atoms with Crippen LogP contribution in [-0.4, -0.2) is 56.2 Å². The molecule has 0 unspecified atom stereocenters. The number of carbonyl (C=O) groups is 4. The Balaban J connectivity index is 2.80. The van der Waals surface area contributed by atoms with E-state index in [1.165, 1.54) is 12.1 Å². The lowest BCUT2D eigenvalue weighted by Crippen LogP contribution is -2.36. The Kier molecular flexibility index (Phi) is 15.6. The van der Waals surface area contributed by atoms with Crippen LogP contribution in [0.2, 0.25) is 0 Å². The number of benzene rings is 1. The van der Waals surface area contributed by atoms with Gasteiger partial charge in [-0.2, -0.15) is 0 Å². The highest BCUT2D eigenvalue weighted by Crippen LogP contribution is 2.30. The molecule has 220 valence electrons. The summed E-state index contributed by atoms with van der Waals surface area (Å²) in [4.78, 5) is 48.5. The molecule has 2 atom stereocenters.